The fourth-order valence-corrected chi connectivity index (χ4v) is 3.24. The van der Waals surface area contributed by atoms with Crippen LogP contribution >= 0.6 is 0 Å². The summed E-state index contributed by atoms with van der Waals surface area (Å²) < 4.78 is 16.0. The van der Waals surface area contributed by atoms with Crippen molar-refractivity contribution in [2.24, 2.45) is 0 Å². The molecule has 170 valence electrons. The third kappa shape index (κ3) is 8.89. The smallest absolute Gasteiger partial charge is 0.322 e. The first-order valence-electron chi connectivity index (χ1n) is 11.2. The van der Waals surface area contributed by atoms with Crippen molar-refractivity contribution in [3.05, 3.63) is 54.1 Å². The van der Waals surface area contributed by atoms with E-state index in [1.807, 2.05) is 60.4 Å². The predicted octanol–water partition coefficient (Wildman–Crippen LogP) is 6.07. The maximum atomic E-state index is 13.1. The Bertz CT molecular complexity index is 764. The van der Waals surface area contributed by atoms with Crippen molar-refractivity contribution >= 4 is 11.7 Å². The van der Waals surface area contributed by atoms with E-state index in [1.165, 1.54) is 19.3 Å². The van der Waals surface area contributed by atoms with Crippen LogP contribution < -0.4 is 14.8 Å². The normalized spacial score (nSPS) is 10.5. The van der Waals surface area contributed by atoms with E-state index < -0.39 is 0 Å². The number of anilines is 1. The number of unbranched alkanes of at least 4 members (excludes halogenated alkanes) is 4. The summed E-state index contributed by atoms with van der Waals surface area (Å²) in [6.45, 7) is 6.13. The Morgan fingerprint density at radius 3 is 2.39 bits per heavy atom. The van der Waals surface area contributed by atoms with Crippen LogP contribution in [0.4, 0.5) is 10.5 Å². The fourth-order valence-electron chi connectivity index (χ4n) is 3.24. The Labute approximate surface area is 186 Å². The molecule has 0 bridgehead atoms. The number of para-hydroxylation sites is 2. The van der Waals surface area contributed by atoms with Crippen molar-refractivity contribution in [2.45, 2.75) is 52.5 Å². The summed E-state index contributed by atoms with van der Waals surface area (Å²) >= 11 is 0. The van der Waals surface area contributed by atoms with Gasteiger partial charge in [0.25, 0.3) is 0 Å². The molecule has 0 aliphatic carbocycles. The predicted molar refractivity (Wildman–Crippen MR) is 125 cm³/mol. The Hall–Kier alpha value is -2.73. The molecule has 0 fully saturated rings. The number of nitrogens with zero attached hydrogens (tertiary/aromatic N) is 1. The second-order valence-electron chi connectivity index (χ2n) is 7.39. The number of ether oxygens (including phenoxy) is 3. The van der Waals surface area contributed by atoms with Gasteiger partial charge in [-0.1, -0.05) is 56.9 Å². The van der Waals surface area contributed by atoms with Crippen molar-refractivity contribution in [1.82, 2.24) is 4.90 Å². The second-order valence-corrected chi connectivity index (χ2v) is 7.39. The molecule has 2 aromatic rings. The van der Waals surface area contributed by atoms with Crippen LogP contribution in [0.3, 0.4) is 0 Å². The van der Waals surface area contributed by atoms with Crippen LogP contribution in [0.2, 0.25) is 0 Å². The molecule has 0 heterocycles. The summed E-state index contributed by atoms with van der Waals surface area (Å²) in [7, 11) is 1.59. The topological polar surface area (TPSA) is 60.0 Å². The van der Waals surface area contributed by atoms with Gasteiger partial charge in [-0.2, -0.15) is 0 Å². The molecule has 0 atom stereocenters. The minimum Gasteiger partial charge on any atom is -0.492 e. The van der Waals surface area contributed by atoms with Crippen LogP contribution in [0.5, 0.6) is 11.5 Å². The zero-order valence-corrected chi connectivity index (χ0v) is 19.1. The van der Waals surface area contributed by atoms with Gasteiger partial charge < -0.3 is 24.4 Å². The highest BCUT2D eigenvalue weighted by Crippen LogP contribution is 2.24. The Morgan fingerprint density at radius 2 is 1.68 bits per heavy atom. The largest absolute Gasteiger partial charge is 0.492 e. The van der Waals surface area contributed by atoms with Gasteiger partial charge in [0.1, 0.15) is 11.5 Å². The van der Waals surface area contributed by atoms with Crippen LogP contribution in [0.15, 0.2) is 48.5 Å². The third-order valence-corrected chi connectivity index (χ3v) is 4.89. The van der Waals surface area contributed by atoms with Crippen LogP contribution in [0.25, 0.3) is 0 Å². The summed E-state index contributed by atoms with van der Waals surface area (Å²) in [4.78, 5) is 15.0. The highest BCUT2D eigenvalue weighted by atomic mass is 16.7. The summed E-state index contributed by atoms with van der Waals surface area (Å²) in [6.07, 6.45) is 5.74. The van der Waals surface area contributed by atoms with Gasteiger partial charge in [0.2, 0.25) is 0 Å². The molecule has 0 spiro atoms. The first kappa shape index (κ1) is 24.5. The molecule has 0 radical (unpaired) electrons. The van der Waals surface area contributed by atoms with Crippen molar-refractivity contribution in [3.63, 3.8) is 0 Å². The van der Waals surface area contributed by atoms with Gasteiger partial charge in [0.15, 0.2) is 6.79 Å². The lowest BCUT2D eigenvalue weighted by atomic mass is 10.1. The van der Waals surface area contributed by atoms with Crippen molar-refractivity contribution in [1.29, 1.82) is 0 Å². The number of hydrogen-bond donors (Lipinski definition) is 1. The van der Waals surface area contributed by atoms with Crippen molar-refractivity contribution < 1.29 is 19.0 Å². The molecule has 0 aliphatic rings. The first-order chi connectivity index (χ1) is 15.2. The summed E-state index contributed by atoms with van der Waals surface area (Å²) in [5.74, 6) is 1.42. The van der Waals surface area contributed by atoms with E-state index in [4.69, 9.17) is 14.2 Å². The molecule has 31 heavy (non-hydrogen) atoms. The zero-order chi connectivity index (χ0) is 22.3. The SMILES string of the molecule is CCCCCCCN(Cc1ccc(OCOC)cc1)C(=O)Nc1ccccc1OCC. The average molecular weight is 429 g/mol. The molecule has 1 N–H and O–H groups in total. The van der Waals surface area contributed by atoms with Gasteiger partial charge >= 0.3 is 6.03 Å². The summed E-state index contributed by atoms with van der Waals surface area (Å²) in [6, 6.07) is 15.2. The molecule has 2 aromatic carbocycles. The molecule has 2 rings (SSSR count). The zero-order valence-electron chi connectivity index (χ0n) is 19.1. The summed E-state index contributed by atoms with van der Waals surface area (Å²) in [5.41, 5.74) is 1.74. The standard InChI is InChI=1S/C25H36N2O4/c1-4-6-7-8-11-18-27(19-21-14-16-22(17-15-21)31-20-29-3)25(28)26-23-12-9-10-13-24(23)30-5-2/h9-10,12-17H,4-8,11,18-20H2,1-3H3,(H,26,28). The van der Waals surface area contributed by atoms with E-state index in [9.17, 15) is 4.79 Å². The molecule has 0 unspecified atom stereocenters. The lowest BCUT2D eigenvalue weighted by Crippen LogP contribution is -2.35. The molecular formula is C25H36N2O4. The fraction of sp³-hybridized carbons (Fsp3) is 0.480. The van der Waals surface area contributed by atoms with E-state index in [-0.39, 0.29) is 12.8 Å². The van der Waals surface area contributed by atoms with Crippen LogP contribution in [0.1, 0.15) is 51.5 Å². The number of benzene rings is 2. The second kappa shape index (κ2) is 14.3. The molecule has 0 saturated heterocycles. The van der Waals surface area contributed by atoms with E-state index in [0.29, 0.717) is 31.1 Å². The Balaban J connectivity index is 2.05. The van der Waals surface area contributed by atoms with E-state index >= 15 is 0 Å². The number of carbonyl (C=O) groups is 1. The third-order valence-electron chi connectivity index (χ3n) is 4.89. The van der Waals surface area contributed by atoms with Crippen LogP contribution in [-0.2, 0) is 11.3 Å². The molecule has 0 aromatic heterocycles. The van der Waals surface area contributed by atoms with Crippen molar-refractivity contribution in [2.75, 3.05) is 32.4 Å². The number of nitrogens with one attached hydrogen (secondary N) is 1. The lowest BCUT2D eigenvalue weighted by Gasteiger charge is -2.24. The van der Waals surface area contributed by atoms with Gasteiger partial charge in [-0.3, -0.25) is 0 Å². The lowest BCUT2D eigenvalue weighted by molar-refractivity contribution is 0.0511. The number of carbonyl (C=O) groups excluding carboxylic acids is 1. The minimum absolute atomic E-state index is 0.123. The van der Waals surface area contributed by atoms with Crippen LogP contribution in [0, 0.1) is 0 Å². The summed E-state index contributed by atoms with van der Waals surface area (Å²) in [5, 5.41) is 3.03. The van der Waals surface area contributed by atoms with E-state index in [0.717, 1.165) is 24.2 Å². The highest BCUT2D eigenvalue weighted by Gasteiger charge is 2.16. The highest BCUT2D eigenvalue weighted by molar-refractivity contribution is 5.91. The van der Waals surface area contributed by atoms with Gasteiger partial charge in [0.05, 0.1) is 12.3 Å². The van der Waals surface area contributed by atoms with E-state index in [2.05, 4.69) is 12.2 Å². The van der Waals surface area contributed by atoms with E-state index in [1.54, 1.807) is 7.11 Å². The Kier molecular flexibility index (Phi) is 11.3. The molecule has 6 heteroatoms. The monoisotopic (exact) mass is 428 g/mol. The molecule has 6 nitrogen and oxygen atoms in total. The first-order valence-corrected chi connectivity index (χ1v) is 11.2. The Morgan fingerprint density at radius 1 is 0.935 bits per heavy atom. The van der Waals surface area contributed by atoms with Gasteiger partial charge in [-0.05, 0) is 43.2 Å². The van der Waals surface area contributed by atoms with Gasteiger partial charge in [-0.15, -0.1) is 0 Å². The van der Waals surface area contributed by atoms with Crippen LogP contribution in [-0.4, -0.2) is 38.0 Å². The molecule has 0 aliphatic heterocycles. The van der Waals surface area contributed by atoms with Gasteiger partial charge in [-0.25, -0.2) is 4.79 Å². The van der Waals surface area contributed by atoms with Crippen molar-refractivity contribution in [3.8, 4) is 11.5 Å². The number of amides is 2. The average Bonchev–Trinajstić information content (AvgIpc) is 2.79. The molecule has 2 amide bonds. The maximum Gasteiger partial charge on any atom is 0.322 e. The number of rotatable bonds is 14. The number of urea groups is 1. The van der Waals surface area contributed by atoms with Gasteiger partial charge in [0, 0.05) is 20.2 Å². The minimum atomic E-state index is -0.123. The number of methoxy groups -OCH3 is 1. The number of hydrogen-bond acceptors (Lipinski definition) is 4. The maximum absolute atomic E-state index is 13.1. The molecule has 0 saturated carbocycles. The quantitative estimate of drug-likeness (QED) is 0.293. The molecular weight excluding hydrogens is 392 g/mol.